The van der Waals surface area contributed by atoms with E-state index >= 15 is 0 Å². The lowest BCUT2D eigenvalue weighted by Gasteiger charge is -2.26. The van der Waals surface area contributed by atoms with Crippen LogP contribution in [0.15, 0.2) is 46.2 Å². The SMILES string of the molecule is O=S(=O)(N[C@@H]1CCSc2c(F)cccc21)c1ccc(F)c(F)c1. The van der Waals surface area contributed by atoms with Gasteiger partial charge in [-0.05, 0) is 42.0 Å². The van der Waals surface area contributed by atoms with E-state index in [-0.39, 0.29) is 4.90 Å². The van der Waals surface area contributed by atoms with Crippen molar-refractivity contribution >= 4 is 21.8 Å². The van der Waals surface area contributed by atoms with E-state index in [0.717, 1.165) is 12.1 Å². The van der Waals surface area contributed by atoms with E-state index in [1.165, 1.54) is 23.9 Å². The van der Waals surface area contributed by atoms with Gasteiger partial charge in [-0.2, -0.15) is 0 Å². The van der Waals surface area contributed by atoms with Crippen LogP contribution in [0.5, 0.6) is 0 Å². The number of sulfonamides is 1. The Morgan fingerprint density at radius 3 is 2.57 bits per heavy atom. The first-order valence-corrected chi connectivity index (χ1v) is 9.24. The number of nitrogens with one attached hydrogen (secondary N) is 1. The predicted octanol–water partition coefficient (Wildman–Crippen LogP) is 3.62. The molecule has 0 saturated heterocycles. The van der Waals surface area contributed by atoms with Gasteiger partial charge in [0.1, 0.15) is 5.82 Å². The molecule has 1 aliphatic rings. The highest BCUT2D eigenvalue weighted by Gasteiger charge is 2.28. The average molecular weight is 359 g/mol. The summed E-state index contributed by atoms with van der Waals surface area (Å²) in [6.07, 6.45) is 0.476. The standard InChI is InChI=1S/C15H12F3NO2S2/c16-11-5-4-9(8-13(11)18)23(20,21)19-14-6-7-22-15-10(14)2-1-3-12(15)17/h1-5,8,14,19H,6-7H2/t14-/m1/s1. The number of hydrogen-bond acceptors (Lipinski definition) is 3. The van der Waals surface area contributed by atoms with Crippen LogP contribution in [0, 0.1) is 17.5 Å². The van der Waals surface area contributed by atoms with Crippen LogP contribution in [0.25, 0.3) is 0 Å². The van der Waals surface area contributed by atoms with Crippen LogP contribution in [0.2, 0.25) is 0 Å². The molecule has 2 aromatic rings. The second kappa shape index (κ2) is 6.18. The lowest BCUT2D eigenvalue weighted by Crippen LogP contribution is -2.31. The van der Waals surface area contributed by atoms with Crippen molar-refractivity contribution in [1.29, 1.82) is 0 Å². The second-order valence-electron chi connectivity index (χ2n) is 5.05. The molecule has 1 heterocycles. The van der Waals surface area contributed by atoms with Crippen LogP contribution in [0.4, 0.5) is 13.2 Å². The molecule has 122 valence electrons. The number of thioether (sulfide) groups is 1. The molecule has 1 N–H and O–H groups in total. The fraction of sp³-hybridized carbons (Fsp3) is 0.200. The molecule has 0 radical (unpaired) electrons. The van der Waals surface area contributed by atoms with Crippen molar-refractivity contribution in [2.24, 2.45) is 0 Å². The van der Waals surface area contributed by atoms with Crippen LogP contribution < -0.4 is 4.72 Å². The molecule has 8 heteroatoms. The monoisotopic (exact) mass is 359 g/mol. The summed E-state index contributed by atoms with van der Waals surface area (Å²) in [5.41, 5.74) is 0.549. The van der Waals surface area contributed by atoms with Crippen molar-refractivity contribution in [2.45, 2.75) is 22.3 Å². The smallest absolute Gasteiger partial charge is 0.207 e. The van der Waals surface area contributed by atoms with Gasteiger partial charge in [-0.25, -0.2) is 26.3 Å². The van der Waals surface area contributed by atoms with Gasteiger partial charge in [0.15, 0.2) is 11.6 Å². The first kappa shape index (κ1) is 16.4. The lowest BCUT2D eigenvalue weighted by molar-refractivity contribution is 0.502. The summed E-state index contributed by atoms with van der Waals surface area (Å²) in [7, 11) is -4.04. The summed E-state index contributed by atoms with van der Waals surface area (Å²) < 4.78 is 67.2. The zero-order valence-electron chi connectivity index (χ0n) is 11.7. The molecule has 3 rings (SSSR count). The van der Waals surface area contributed by atoms with Gasteiger partial charge in [-0.3, -0.25) is 0 Å². The van der Waals surface area contributed by atoms with Crippen molar-refractivity contribution in [3.63, 3.8) is 0 Å². The van der Waals surface area contributed by atoms with Crippen LogP contribution in [-0.4, -0.2) is 14.2 Å². The van der Waals surface area contributed by atoms with Gasteiger partial charge in [-0.15, -0.1) is 11.8 Å². The van der Waals surface area contributed by atoms with Gasteiger partial charge < -0.3 is 0 Å². The Morgan fingerprint density at radius 2 is 1.83 bits per heavy atom. The van der Waals surface area contributed by atoms with Gasteiger partial charge in [-0.1, -0.05) is 12.1 Å². The minimum absolute atomic E-state index is 0.368. The van der Waals surface area contributed by atoms with Crippen LogP contribution >= 0.6 is 11.8 Å². The predicted molar refractivity (Wildman–Crippen MR) is 81.2 cm³/mol. The first-order chi connectivity index (χ1) is 10.9. The van der Waals surface area contributed by atoms with E-state index in [2.05, 4.69) is 4.72 Å². The maximum atomic E-state index is 13.8. The van der Waals surface area contributed by atoms with E-state index in [9.17, 15) is 21.6 Å². The van der Waals surface area contributed by atoms with Crippen molar-refractivity contribution in [1.82, 2.24) is 4.72 Å². The Kier molecular flexibility index (Phi) is 4.39. The van der Waals surface area contributed by atoms with Crippen LogP contribution in [-0.2, 0) is 10.0 Å². The first-order valence-electron chi connectivity index (χ1n) is 6.77. The maximum absolute atomic E-state index is 13.8. The Hall–Kier alpha value is -1.51. The molecule has 0 fully saturated rings. The molecule has 3 nitrogen and oxygen atoms in total. The minimum Gasteiger partial charge on any atom is -0.207 e. The second-order valence-corrected chi connectivity index (χ2v) is 7.86. The van der Waals surface area contributed by atoms with Crippen LogP contribution in [0.3, 0.4) is 0 Å². The quantitative estimate of drug-likeness (QED) is 0.911. The Morgan fingerprint density at radius 1 is 1.04 bits per heavy atom. The van der Waals surface area contributed by atoms with E-state index in [4.69, 9.17) is 0 Å². The number of rotatable bonds is 3. The normalized spacial score (nSPS) is 17.8. The molecule has 0 aliphatic carbocycles. The van der Waals surface area contributed by atoms with E-state index in [1.807, 2.05) is 0 Å². The summed E-state index contributed by atoms with van der Waals surface area (Å²) >= 11 is 1.33. The topological polar surface area (TPSA) is 46.2 Å². The summed E-state index contributed by atoms with van der Waals surface area (Å²) in [5.74, 6) is -2.20. The maximum Gasteiger partial charge on any atom is 0.241 e. The van der Waals surface area contributed by atoms with Gasteiger partial charge in [0.2, 0.25) is 10.0 Å². The zero-order valence-corrected chi connectivity index (χ0v) is 13.4. The Bertz CT molecular complexity index is 856. The summed E-state index contributed by atoms with van der Waals surface area (Å²) in [5, 5.41) is 0. The minimum atomic E-state index is -4.04. The number of benzene rings is 2. The highest BCUT2D eigenvalue weighted by Crippen LogP contribution is 2.38. The fourth-order valence-electron chi connectivity index (χ4n) is 2.41. The number of halogens is 3. The van der Waals surface area contributed by atoms with Crippen molar-refractivity contribution < 1.29 is 21.6 Å². The highest BCUT2D eigenvalue weighted by atomic mass is 32.2. The largest absolute Gasteiger partial charge is 0.241 e. The Balaban J connectivity index is 1.93. The fourth-order valence-corrected chi connectivity index (χ4v) is 4.81. The number of hydrogen-bond donors (Lipinski definition) is 1. The zero-order chi connectivity index (χ0) is 16.6. The third-order valence-corrected chi connectivity index (χ3v) is 6.15. The summed E-state index contributed by atoms with van der Waals surface area (Å²) in [6, 6.07) is 6.25. The molecule has 0 spiro atoms. The third kappa shape index (κ3) is 3.24. The molecule has 23 heavy (non-hydrogen) atoms. The molecule has 0 aromatic heterocycles. The van der Waals surface area contributed by atoms with Gasteiger partial charge in [0, 0.05) is 10.9 Å². The van der Waals surface area contributed by atoms with E-state index in [1.54, 1.807) is 6.07 Å². The average Bonchev–Trinajstić information content (AvgIpc) is 2.51. The van der Waals surface area contributed by atoms with E-state index < -0.39 is 33.5 Å². The Labute approximate surface area is 136 Å². The van der Waals surface area contributed by atoms with Crippen molar-refractivity contribution in [2.75, 3.05) is 5.75 Å². The highest BCUT2D eigenvalue weighted by molar-refractivity contribution is 7.99. The van der Waals surface area contributed by atoms with Crippen molar-refractivity contribution in [3.8, 4) is 0 Å². The number of fused-ring (bicyclic) bond motifs is 1. The molecule has 1 aliphatic heterocycles. The molecule has 0 unspecified atom stereocenters. The lowest BCUT2D eigenvalue weighted by atomic mass is 10.0. The molecule has 0 saturated carbocycles. The van der Waals surface area contributed by atoms with Gasteiger partial charge in [0.05, 0.1) is 4.90 Å². The molecular weight excluding hydrogens is 347 g/mol. The van der Waals surface area contributed by atoms with Gasteiger partial charge >= 0.3 is 0 Å². The molecule has 2 aromatic carbocycles. The molecule has 0 amide bonds. The van der Waals surface area contributed by atoms with Crippen molar-refractivity contribution in [3.05, 3.63) is 59.4 Å². The third-order valence-electron chi connectivity index (χ3n) is 3.52. The molecule has 0 bridgehead atoms. The van der Waals surface area contributed by atoms with Gasteiger partial charge in [0.25, 0.3) is 0 Å². The summed E-state index contributed by atoms with van der Waals surface area (Å²) in [4.78, 5) is 0.0457. The summed E-state index contributed by atoms with van der Waals surface area (Å²) in [6.45, 7) is 0. The molecular formula is C15H12F3NO2S2. The van der Waals surface area contributed by atoms with Crippen LogP contribution in [0.1, 0.15) is 18.0 Å². The molecule has 1 atom stereocenters. The van der Waals surface area contributed by atoms with E-state index in [0.29, 0.717) is 28.7 Å².